The summed E-state index contributed by atoms with van der Waals surface area (Å²) in [5.74, 6) is -3.59. The van der Waals surface area contributed by atoms with E-state index in [9.17, 15) is 19.2 Å². The van der Waals surface area contributed by atoms with Crippen molar-refractivity contribution in [3.63, 3.8) is 0 Å². The molecule has 146 valence electrons. The zero-order valence-corrected chi connectivity index (χ0v) is 16.8. The van der Waals surface area contributed by atoms with Crippen LogP contribution in [0, 0.1) is 22.7 Å². The number of esters is 4. The number of alkyl halides is 1. The Morgan fingerprint density at radius 1 is 1.19 bits per heavy atom. The van der Waals surface area contributed by atoms with E-state index in [1.165, 1.54) is 0 Å². The summed E-state index contributed by atoms with van der Waals surface area (Å²) in [6.45, 7) is 3.62. The summed E-state index contributed by atoms with van der Waals surface area (Å²) in [5.41, 5.74) is -1.11. The van der Waals surface area contributed by atoms with Crippen LogP contribution in [0.15, 0.2) is 11.6 Å². The van der Waals surface area contributed by atoms with Crippen LogP contribution in [0.4, 0.5) is 0 Å². The van der Waals surface area contributed by atoms with Gasteiger partial charge in [0.2, 0.25) is 0 Å². The minimum Gasteiger partial charge on any atom is -0.465 e. The quantitative estimate of drug-likeness (QED) is 0.217. The maximum atomic E-state index is 12.8. The molecule has 1 aliphatic heterocycles. The SMILES string of the molecule is CCOC(=O)C1(C(=O)OCC)CC2=CC3(CC3)[C@@H]3C(=O)OC(=O)[C@]3(Br)[C@@H]2C1. The first-order valence-electron chi connectivity index (χ1n) is 9.26. The third-order valence-corrected chi connectivity index (χ3v) is 7.72. The number of hydrogen-bond acceptors (Lipinski definition) is 7. The number of fused-ring (bicyclic) bond motifs is 4. The molecule has 4 aliphatic rings. The van der Waals surface area contributed by atoms with E-state index in [-0.39, 0.29) is 26.1 Å². The van der Waals surface area contributed by atoms with Crippen LogP contribution in [0.25, 0.3) is 0 Å². The predicted molar refractivity (Wildman–Crippen MR) is 94.4 cm³/mol. The van der Waals surface area contributed by atoms with Crippen LogP contribution in [0.3, 0.4) is 0 Å². The molecule has 0 aromatic rings. The molecule has 0 radical (unpaired) electrons. The van der Waals surface area contributed by atoms with E-state index < -0.39 is 50.9 Å². The number of carbonyl (C=O) groups is 4. The minimum absolute atomic E-state index is 0.0523. The van der Waals surface area contributed by atoms with Crippen molar-refractivity contribution < 1.29 is 33.4 Å². The van der Waals surface area contributed by atoms with Gasteiger partial charge in [-0.3, -0.25) is 14.4 Å². The van der Waals surface area contributed by atoms with Crippen molar-refractivity contribution >= 4 is 39.8 Å². The van der Waals surface area contributed by atoms with Gasteiger partial charge in [0.05, 0.1) is 19.1 Å². The highest BCUT2D eigenvalue weighted by Crippen LogP contribution is 2.70. The van der Waals surface area contributed by atoms with Gasteiger partial charge in [0.15, 0.2) is 5.41 Å². The summed E-state index contributed by atoms with van der Waals surface area (Å²) in [7, 11) is 0. The van der Waals surface area contributed by atoms with Gasteiger partial charge in [-0.2, -0.15) is 0 Å². The molecule has 0 amide bonds. The summed E-state index contributed by atoms with van der Waals surface area (Å²) in [6.07, 6.45) is 3.74. The van der Waals surface area contributed by atoms with Gasteiger partial charge in [-0.25, -0.2) is 4.79 Å². The molecule has 3 aliphatic carbocycles. The molecule has 8 heteroatoms. The lowest BCUT2D eigenvalue weighted by Crippen LogP contribution is -2.49. The second-order valence-corrected chi connectivity index (χ2v) is 9.13. The molecule has 3 fully saturated rings. The van der Waals surface area contributed by atoms with Crippen molar-refractivity contribution in [2.75, 3.05) is 13.2 Å². The molecule has 0 unspecified atom stereocenters. The first kappa shape index (κ1) is 18.7. The molecule has 0 N–H and O–H groups in total. The Kier molecular flexibility index (Phi) is 4.07. The zero-order chi connectivity index (χ0) is 19.6. The summed E-state index contributed by atoms with van der Waals surface area (Å²) < 4.78 is 14.1. The molecule has 1 spiro atoms. The van der Waals surface area contributed by atoms with Crippen molar-refractivity contribution in [1.82, 2.24) is 0 Å². The lowest BCUT2D eigenvalue weighted by atomic mass is 9.67. The summed E-state index contributed by atoms with van der Waals surface area (Å²) in [5, 5.41) is 0. The van der Waals surface area contributed by atoms with Gasteiger partial charge in [0, 0.05) is 11.3 Å². The highest BCUT2D eigenvalue weighted by molar-refractivity contribution is 9.10. The second kappa shape index (κ2) is 5.90. The largest absolute Gasteiger partial charge is 0.465 e. The van der Waals surface area contributed by atoms with E-state index in [1.54, 1.807) is 13.8 Å². The first-order chi connectivity index (χ1) is 12.7. The Labute approximate surface area is 164 Å². The smallest absolute Gasteiger partial charge is 0.332 e. The molecule has 0 aromatic heterocycles. The van der Waals surface area contributed by atoms with Crippen molar-refractivity contribution in [1.29, 1.82) is 0 Å². The molecule has 0 aromatic carbocycles. The fourth-order valence-electron chi connectivity index (χ4n) is 5.07. The van der Waals surface area contributed by atoms with Gasteiger partial charge < -0.3 is 14.2 Å². The van der Waals surface area contributed by atoms with Gasteiger partial charge in [0.25, 0.3) is 0 Å². The average molecular weight is 441 g/mol. The standard InChI is InChI=1S/C19H21BrO7/c1-3-25-14(22)18(15(23)26-4-2)8-10-7-17(5-6-17)12-13(21)27-16(24)19(12,20)11(10)9-18/h7,11-12H,3-6,8-9H2,1-2H3/t11-,12+,19+/m1/s1. The molecule has 4 rings (SSSR count). The summed E-state index contributed by atoms with van der Waals surface area (Å²) in [6, 6.07) is 0. The normalized spacial score (nSPS) is 34.4. The Morgan fingerprint density at radius 2 is 1.78 bits per heavy atom. The number of cyclic esters (lactones) is 2. The van der Waals surface area contributed by atoms with Crippen molar-refractivity contribution in [3.8, 4) is 0 Å². The third-order valence-electron chi connectivity index (χ3n) is 6.38. The Hall–Kier alpha value is -1.70. The second-order valence-electron chi connectivity index (χ2n) is 7.82. The number of rotatable bonds is 4. The molecule has 27 heavy (non-hydrogen) atoms. The average Bonchev–Trinajstić information content (AvgIpc) is 3.15. The number of allylic oxidation sites excluding steroid dienone is 2. The van der Waals surface area contributed by atoms with E-state index in [0.29, 0.717) is 0 Å². The van der Waals surface area contributed by atoms with Crippen LogP contribution >= 0.6 is 15.9 Å². The van der Waals surface area contributed by atoms with Crippen LogP contribution in [0.1, 0.15) is 39.5 Å². The van der Waals surface area contributed by atoms with Crippen molar-refractivity contribution in [3.05, 3.63) is 11.6 Å². The number of ether oxygens (including phenoxy) is 3. The highest BCUT2D eigenvalue weighted by Gasteiger charge is 2.75. The minimum atomic E-state index is -1.50. The predicted octanol–water partition coefficient (Wildman–Crippen LogP) is 2.06. The first-order valence-corrected chi connectivity index (χ1v) is 10.1. The van der Waals surface area contributed by atoms with Crippen molar-refractivity contribution in [2.45, 2.75) is 43.9 Å². The van der Waals surface area contributed by atoms with Gasteiger partial charge in [-0.1, -0.05) is 27.6 Å². The third kappa shape index (κ3) is 2.31. The maximum Gasteiger partial charge on any atom is 0.332 e. The monoisotopic (exact) mass is 440 g/mol. The molecule has 1 saturated heterocycles. The van der Waals surface area contributed by atoms with Crippen LogP contribution in [0.5, 0.6) is 0 Å². The van der Waals surface area contributed by atoms with E-state index >= 15 is 0 Å². The number of hydrogen-bond donors (Lipinski definition) is 0. The number of halogens is 1. The molecular formula is C19H21BrO7. The lowest BCUT2D eigenvalue weighted by Gasteiger charge is -2.39. The van der Waals surface area contributed by atoms with Crippen LogP contribution in [-0.2, 0) is 33.4 Å². The molecule has 3 atom stereocenters. The topological polar surface area (TPSA) is 96.0 Å². The fourth-order valence-corrected chi connectivity index (χ4v) is 6.25. The van der Waals surface area contributed by atoms with E-state index in [0.717, 1.165) is 18.4 Å². The van der Waals surface area contributed by atoms with E-state index in [4.69, 9.17) is 14.2 Å². The molecule has 0 bridgehead atoms. The van der Waals surface area contributed by atoms with Crippen molar-refractivity contribution in [2.24, 2.45) is 22.7 Å². The molecule has 7 nitrogen and oxygen atoms in total. The van der Waals surface area contributed by atoms with Gasteiger partial charge in [0.1, 0.15) is 4.32 Å². The van der Waals surface area contributed by atoms with Gasteiger partial charge >= 0.3 is 23.9 Å². The van der Waals surface area contributed by atoms with E-state index in [2.05, 4.69) is 15.9 Å². The lowest BCUT2D eigenvalue weighted by molar-refractivity contribution is -0.172. The van der Waals surface area contributed by atoms with Gasteiger partial charge in [-0.15, -0.1) is 0 Å². The van der Waals surface area contributed by atoms with Crippen LogP contribution in [-0.4, -0.2) is 41.4 Å². The molecular weight excluding hydrogens is 420 g/mol. The molecule has 2 saturated carbocycles. The summed E-state index contributed by atoms with van der Waals surface area (Å²) >= 11 is 3.54. The summed E-state index contributed by atoms with van der Waals surface area (Å²) in [4.78, 5) is 50.7. The van der Waals surface area contributed by atoms with E-state index in [1.807, 2.05) is 6.08 Å². The zero-order valence-electron chi connectivity index (χ0n) is 15.2. The van der Waals surface area contributed by atoms with Crippen LogP contribution in [0.2, 0.25) is 0 Å². The Morgan fingerprint density at radius 3 is 2.30 bits per heavy atom. The number of carbonyl (C=O) groups excluding carboxylic acids is 4. The fraction of sp³-hybridized carbons (Fsp3) is 0.684. The van der Waals surface area contributed by atoms with Gasteiger partial charge in [-0.05, 0) is 39.5 Å². The highest BCUT2D eigenvalue weighted by atomic mass is 79.9. The molecule has 1 heterocycles. The van der Waals surface area contributed by atoms with Crippen LogP contribution < -0.4 is 0 Å². The Balaban J connectivity index is 1.80. The maximum absolute atomic E-state index is 12.8. The Bertz CT molecular complexity index is 763.